The molecule has 0 unspecified atom stereocenters. The first-order valence-electron chi connectivity index (χ1n) is 12.1. The van der Waals surface area contributed by atoms with Gasteiger partial charge in [0.1, 0.15) is 5.65 Å². The van der Waals surface area contributed by atoms with Crippen LogP contribution >= 0.6 is 0 Å². The van der Waals surface area contributed by atoms with Crippen molar-refractivity contribution < 1.29 is 0 Å². The van der Waals surface area contributed by atoms with E-state index >= 15 is 0 Å². The van der Waals surface area contributed by atoms with Crippen molar-refractivity contribution in [1.29, 1.82) is 0 Å². The third-order valence-electron chi connectivity index (χ3n) is 7.69. The van der Waals surface area contributed by atoms with E-state index in [1.807, 2.05) is 0 Å². The lowest BCUT2D eigenvalue weighted by Crippen LogP contribution is -1.97. The summed E-state index contributed by atoms with van der Waals surface area (Å²) in [4.78, 5) is 0. The van der Waals surface area contributed by atoms with Crippen molar-refractivity contribution in [2.24, 2.45) is 7.05 Å². The monoisotopic (exact) mass is 446 g/mol. The molecular formula is C33H22N2. The lowest BCUT2D eigenvalue weighted by atomic mass is 9.81. The highest BCUT2D eigenvalue weighted by Crippen LogP contribution is 2.48. The topological polar surface area (TPSA) is 9.34 Å². The predicted octanol–water partition coefficient (Wildman–Crippen LogP) is 8.57. The van der Waals surface area contributed by atoms with Gasteiger partial charge in [0.25, 0.3) is 0 Å². The van der Waals surface area contributed by atoms with Crippen molar-refractivity contribution in [2.75, 3.05) is 0 Å². The molecule has 1 aliphatic carbocycles. The normalized spacial score (nSPS) is 12.1. The zero-order valence-electron chi connectivity index (χ0n) is 19.4. The van der Waals surface area contributed by atoms with E-state index in [0.717, 1.165) is 0 Å². The van der Waals surface area contributed by atoms with Crippen LogP contribution in [-0.2, 0) is 7.05 Å². The minimum atomic E-state index is 1.21. The smallest absolute Gasteiger partial charge is 0.118 e. The minimum Gasteiger partial charge on any atom is -0.329 e. The van der Waals surface area contributed by atoms with E-state index in [-0.39, 0.29) is 0 Å². The molecule has 35 heavy (non-hydrogen) atoms. The van der Waals surface area contributed by atoms with Crippen molar-refractivity contribution >= 4 is 27.6 Å². The predicted molar refractivity (Wildman–Crippen MR) is 147 cm³/mol. The molecule has 164 valence electrons. The second-order valence-corrected chi connectivity index (χ2v) is 9.48. The molecule has 2 heterocycles. The molecule has 0 saturated heterocycles. The van der Waals surface area contributed by atoms with Crippen molar-refractivity contribution in [3.63, 3.8) is 0 Å². The number of aryl methyl sites for hydroxylation is 1. The van der Waals surface area contributed by atoms with Gasteiger partial charge in [-0.1, -0.05) is 91.0 Å². The Labute approximate surface area is 203 Å². The second-order valence-electron chi connectivity index (χ2n) is 9.48. The Hall–Kier alpha value is -4.56. The van der Waals surface area contributed by atoms with Crippen LogP contribution in [0.4, 0.5) is 0 Å². The number of rotatable bonds is 0. The molecule has 0 N–H and O–H groups in total. The van der Waals surface area contributed by atoms with Crippen LogP contribution in [0.5, 0.6) is 0 Å². The van der Waals surface area contributed by atoms with Crippen LogP contribution in [0.3, 0.4) is 0 Å². The fourth-order valence-corrected chi connectivity index (χ4v) is 6.09. The molecule has 2 aromatic heterocycles. The van der Waals surface area contributed by atoms with Crippen LogP contribution in [0.15, 0.2) is 115 Å². The standard InChI is InChI=1S/C33H22N2/c1-34-31-19-28-26-15-7-5-13-24(26)22-11-3-4-12-23(22)25-14-6-8-16-27(25)29(28)20-32(31)35-30-17-9-2-10-21(30)18-33(34)35/h2-20H,1H3. The number of aromatic nitrogens is 2. The fraction of sp³-hybridized carbons (Fsp3) is 0.0303. The van der Waals surface area contributed by atoms with Gasteiger partial charge in [0.05, 0.1) is 16.6 Å². The van der Waals surface area contributed by atoms with Gasteiger partial charge in [0, 0.05) is 12.4 Å². The van der Waals surface area contributed by atoms with Crippen LogP contribution in [0.2, 0.25) is 0 Å². The fourth-order valence-electron chi connectivity index (χ4n) is 6.09. The highest BCUT2D eigenvalue weighted by atomic mass is 15.1. The van der Waals surface area contributed by atoms with Gasteiger partial charge in [-0.2, -0.15) is 0 Å². The highest BCUT2D eigenvalue weighted by Gasteiger charge is 2.23. The third kappa shape index (κ3) is 2.43. The number of hydrogen-bond donors (Lipinski definition) is 0. The summed E-state index contributed by atoms with van der Waals surface area (Å²) in [5.74, 6) is 0. The van der Waals surface area contributed by atoms with E-state index in [4.69, 9.17) is 0 Å². The van der Waals surface area contributed by atoms with Crippen molar-refractivity contribution in [3.05, 3.63) is 115 Å². The summed E-state index contributed by atoms with van der Waals surface area (Å²) in [6.07, 6.45) is 0. The Bertz CT molecular complexity index is 1970. The van der Waals surface area contributed by atoms with Crippen molar-refractivity contribution in [1.82, 2.24) is 8.97 Å². The molecule has 0 aliphatic heterocycles. The van der Waals surface area contributed by atoms with Crippen molar-refractivity contribution in [3.8, 4) is 44.5 Å². The molecule has 0 saturated carbocycles. The molecular weight excluding hydrogens is 424 g/mol. The molecule has 0 atom stereocenters. The van der Waals surface area contributed by atoms with Crippen molar-refractivity contribution in [2.45, 2.75) is 0 Å². The van der Waals surface area contributed by atoms with E-state index in [0.29, 0.717) is 0 Å². The SMILES string of the molecule is Cn1c2cc3c(cc2n2c4ccccc4cc12)-c1ccccc1-c1ccccc1-c1ccccc1-3. The summed E-state index contributed by atoms with van der Waals surface area (Å²) in [5.41, 5.74) is 15.2. The van der Waals surface area contributed by atoms with Gasteiger partial charge >= 0.3 is 0 Å². The number of nitrogens with zero attached hydrogens (tertiary/aromatic N) is 2. The quantitative estimate of drug-likeness (QED) is 0.221. The van der Waals surface area contributed by atoms with E-state index < -0.39 is 0 Å². The number of para-hydroxylation sites is 1. The van der Waals surface area contributed by atoms with E-state index in [1.165, 1.54) is 72.1 Å². The Morgan fingerprint density at radius 2 is 0.829 bits per heavy atom. The average molecular weight is 447 g/mol. The van der Waals surface area contributed by atoms with Crippen LogP contribution < -0.4 is 0 Å². The zero-order chi connectivity index (χ0) is 23.1. The molecule has 0 radical (unpaired) electrons. The average Bonchev–Trinajstić information content (AvgIpc) is 3.42. The summed E-state index contributed by atoms with van der Waals surface area (Å²) < 4.78 is 4.74. The molecule has 1 aliphatic rings. The number of fused-ring (bicyclic) bond motifs is 13. The van der Waals surface area contributed by atoms with Gasteiger partial charge in [-0.05, 0) is 68.8 Å². The van der Waals surface area contributed by atoms with Gasteiger partial charge in [-0.15, -0.1) is 0 Å². The number of benzene rings is 5. The van der Waals surface area contributed by atoms with Crippen LogP contribution in [0, 0.1) is 0 Å². The molecule has 7 aromatic rings. The van der Waals surface area contributed by atoms with Crippen LogP contribution in [0.25, 0.3) is 72.1 Å². The summed E-state index contributed by atoms with van der Waals surface area (Å²) in [5, 5.41) is 1.27. The number of hydrogen-bond acceptors (Lipinski definition) is 0. The molecule has 0 amide bonds. The second kappa shape index (κ2) is 6.74. The largest absolute Gasteiger partial charge is 0.329 e. The maximum atomic E-state index is 2.41. The van der Waals surface area contributed by atoms with E-state index in [1.54, 1.807) is 0 Å². The van der Waals surface area contributed by atoms with Crippen LogP contribution in [0.1, 0.15) is 0 Å². The Morgan fingerprint density at radius 1 is 0.400 bits per heavy atom. The van der Waals surface area contributed by atoms with Gasteiger partial charge in [-0.3, -0.25) is 4.40 Å². The number of imidazole rings is 1. The highest BCUT2D eigenvalue weighted by molar-refractivity contribution is 6.07. The third-order valence-corrected chi connectivity index (χ3v) is 7.69. The Morgan fingerprint density at radius 3 is 1.37 bits per heavy atom. The Kier molecular flexibility index (Phi) is 3.62. The summed E-state index contributed by atoms with van der Waals surface area (Å²) in [6, 6.07) is 42.3. The first kappa shape index (κ1) is 18.8. The lowest BCUT2D eigenvalue weighted by Gasteiger charge is -2.23. The molecule has 2 nitrogen and oxygen atoms in total. The summed E-state index contributed by atoms with van der Waals surface area (Å²) in [6.45, 7) is 0. The van der Waals surface area contributed by atoms with E-state index in [2.05, 4.69) is 131 Å². The molecule has 0 fully saturated rings. The first-order valence-corrected chi connectivity index (χ1v) is 12.1. The Balaban J connectivity index is 1.59. The zero-order valence-corrected chi connectivity index (χ0v) is 19.4. The molecule has 8 rings (SSSR count). The van der Waals surface area contributed by atoms with Gasteiger partial charge in [0.15, 0.2) is 0 Å². The first-order chi connectivity index (χ1) is 17.3. The molecule has 5 aromatic carbocycles. The van der Waals surface area contributed by atoms with E-state index in [9.17, 15) is 0 Å². The maximum absolute atomic E-state index is 2.41. The summed E-state index contributed by atoms with van der Waals surface area (Å²) >= 11 is 0. The molecule has 0 bridgehead atoms. The molecule has 2 heteroatoms. The van der Waals surface area contributed by atoms with Crippen LogP contribution in [-0.4, -0.2) is 8.97 Å². The van der Waals surface area contributed by atoms with Gasteiger partial charge in [-0.25, -0.2) is 0 Å². The van der Waals surface area contributed by atoms with Gasteiger partial charge < -0.3 is 4.57 Å². The summed E-state index contributed by atoms with van der Waals surface area (Å²) in [7, 11) is 2.18. The van der Waals surface area contributed by atoms with Gasteiger partial charge in [0.2, 0.25) is 0 Å². The maximum Gasteiger partial charge on any atom is 0.118 e. The minimum absolute atomic E-state index is 1.21. The lowest BCUT2D eigenvalue weighted by molar-refractivity contribution is 0.997. The molecule has 0 spiro atoms.